The number of piperidine rings is 1. The van der Waals surface area contributed by atoms with E-state index in [-0.39, 0.29) is 6.03 Å². The third-order valence-electron chi connectivity index (χ3n) is 7.38. The highest BCUT2D eigenvalue weighted by molar-refractivity contribution is 5.94. The number of aryl methyl sites for hydroxylation is 1. The van der Waals surface area contributed by atoms with Gasteiger partial charge in [-0.2, -0.15) is 0 Å². The van der Waals surface area contributed by atoms with Crippen LogP contribution in [-0.2, 0) is 18.4 Å². The Kier molecular flexibility index (Phi) is 4.83. The van der Waals surface area contributed by atoms with Crippen LogP contribution in [0.5, 0.6) is 0 Å². The second-order valence-electron chi connectivity index (χ2n) is 9.05. The summed E-state index contributed by atoms with van der Waals surface area (Å²) in [6.45, 7) is 4.94. The van der Waals surface area contributed by atoms with Crippen LogP contribution < -0.4 is 4.90 Å². The topological polar surface area (TPSA) is 26.8 Å². The summed E-state index contributed by atoms with van der Waals surface area (Å²) in [5.74, 6) is 0. The summed E-state index contributed by atoms with van der Waals surface area (Å²) in [6, 6.07) is 17.5. The van der Waals surface area contributed by atoms with Gasteiger partial charge in [0.1, 0.15) is 0 Å². The number of anilines is 1. The Hall–Kier alpha value is -2.33. The van der Waals surface area contributed by atoms with E-state index < -0.39 is 0 Å². The van der Waals surface area contributed by atoms with Crippen LogP contribution in [-0.4, -0.2) is 49.1 Å². The molecule has 5 rings (SSSR count). The summed E-state index contributed by atoms with van der Waals surface area (Å²) >= 11 is 0. The molecule has 2 aromatic rings. The Balaban J connectivity index is 1.18. The molecular weight excluding hydrogens is 358 g/mol. The average Bonchev–Trinajstić information content (AvgIpc) is 3.11. The molecule has 0 atom stereocenters. The molecule has 2 heterocycles. The van der Waals surface area contributed by atoms with Crippen LogP contribution in [0.4, 0.5) is 10.5 Å². The number of rotatable bonds is 4. The van der Waals surface area contributed by atoms with E-state index in [9.17, 15) is 4.79 Å². The largest absolute Gasteiger partial charge is 0.324 e. The SMILES string of the molecule is CN1Cc2ccccc2N(CCCN2CCC3(CCc4ccccc43)CC2)C1=O. The molecular formula is C25H31N3O. The molecule has 4 nitrogen and oxygen atoms in total. The molecule has 0 N–H and O–H groups in total. The third kappa shape index (κ3) is 3.33. The van der Waals surface area contributed by atoms with E-state index >= 15 is 0 Å². The molecule has 2 aromatic carbocycles. The van der Waals surface area contributed by atoms with Crippen molar-refractivity contribution in [3.8, 4) is 0 Å². The van der Waals surface area contributed by atoms with E-state index in [0.29, 0.717) is 12.0 Å². The first-order valence-electron chi connectivity index (χ1n) is 11.1. The highest BCUT2D eigenvalue weighted by Crippen LogP contribution is 2.46. The van der Waals surface area contributed by atoms with Crippen LogP contribution >= 0.6 is 0 Å². The minimum absolute atomic E-state index is 0.129. The first-order valence-corrected chi connectivity index (χ1v) is 11.1. The van der Waals surface area contributed by atoms with Gasteiger partial charge in [0.05, 0.1) is 5.69 Å². The summed E-state index contributed by atoms with van der Waals surface area (Å²) < 4.78 is 0. The Morgan fingerprint density at radius 2 is 1.62 bits per heavy atom. The van der Waals surface area contributed by atoms with Crippen LogP contribution in [0.25, 0.3) is 0 Å². The zero-order valence-corrected chi connectivity index (χ0v) is 17.4. The maximum absolute atomic E-state index is 12.7. The number of carbonyl (C=O) groups is 1. The van der Waals surface area contributed by atoms with Crippen molar-refractivity contribution in [2.75, 3.05) is 38.1 Å². The molecule has 1 fully saturated rings. The Bertz CT molecular complexity index is 900. The first-order chi connectivity index (χ1) is 14.2. The number of benzene rings is 2. The summed E-state index contributed by atoms with van der Waals surface area (Å²) in [7, 11) is 1.90. The smallest absolute Gasteiger partial charge is 0.323 e. The lowest BCUT2D eigenvalue weighted by atomic mass is 9.74. The number of amides is 2. The van der Waals surface area contributed by atoms with Gasteiger partial charge in [0.25, 0.3) is 0 Å². The molecule has 0 saturated carbocycles. The molecule has 0 aromatic heterocycles. The van der Waals surface area contributed by atoms with Gasteiger partial charge in [-0.1, -0.05) is 42.5 Å². The highest BCUT2D eigenvalue weighted by atomic mass is 16.2. The van der Waals surface area contributed by atoms with Crippen LogP contribution in [0.2, 0.25) is 0 Å². The van der Waals surface area contributed by atoms with Gasteiger partial charge in [-0.05, 0) is 79.9 Å². The lowest BCUT2D eigenvalue weighted by Crippen LogP contribution is -2.47. The Morgan fingerprint density at radius 3 is 2.45 bits per heavy atom. The van der Waals surface area contributed by atoms with Crippen LogP contribution in [0, 0.1) is 0 Å². The number of hydrogen-bond acceptors (Lipinski definition) is 2. The number of carbonyl (C=O) groups excluding carboxylic acids is 1. The van der Waals surface area contributed by atoms with Gasteiger partial charge in [0, 0.05) is 20.1 Å². The monoisotopic (exact) mass is 389 g/mol. The minimum Gasteiger partial charge on any atom is -0.323 e. The summed E-state index contributed by atoms with van der Waals surface area (Å²) in [4.78, 5) is 19.1. The van der Waals surface area contributed by atoms with Crippen LogP contribution in [0.1, 0.15) is 42.4 Å². The van der Waals surface area contributed by atoms with Crippen molar-refractivity contribution in [3.05, 3.63) is 65.2 Å². The van der Waals surface area contributed by atoms with Crippen molar-refractivity contribution in [1.82, 2.24) is 9.80 Å². The van der Waals surface area contributed by atoms with Crippen LogP contribution in [0.3, 0.4) is 0 Å². The molecule has 2 aliphatic heterocycles. The standard InChI is InChI=1S/C25H31N3O/c1-26-19-21-8-3-5-10-23(21)28(24(26)29)16-6-15-27-17-13-25(14-18-27)12-11-20-7-2-4-9-22(20)25/h2-5,7-10H,6,11-19H2,1H3. The number of hydrogen-bond donors (Lipinski definition) is 0. The molecule has 1 saturated heterocycles. The number of likely N-dealkylation sites (tertiary alicyclic amines) is 1. The van der Waals surface area contributed by atoms with Gasteiger partial charge in [-0.15, -0.1) is 0 Å². The molecule has 1 spiro atoms. The Morgan fingerprint density at radius 1 is 0.897 bits per heavy atom. The second-order valence-corrected chi connectivity index (χ2v) is 9.05. The summed E-state index contributed by atoms with van der Waals surface area (Å²) in [6.07, 6.45) is 6.15. The highest BCUT2D eigenvalue weighted by Gasteiger charge is 2.40. The van der Waals surface area contributed by atoms with Crippen LogP contribution in [0.15, 0.2) is 48.5 Å². The number of nitrogens with zero attached hydrogens (tertiary/aromatic N) is 3. The zero-order valence-electron chi connectivity index (χ0n) is 17.4. The molecule has 3 aliphatic rings. The van der Waals surface area contributed by atoms with Gasteiger partial charge >= 0.3 is 6.03 Å². The van der Waals surface area contributed by atoms with E-state index in [2.05, 4.69) is 47.4 Å². The van der Waals surface area contributed by atoms with Gasteiger partial charge in [0.2, 0.25) is 0 Å². The van der Waals surface area contributed by atoms with E-state index in [1.165, 1.54) is 44.3 Å². The lowest BCUT2D eigenvalue weighted by molar-refractivity contribution is 0.157. The quantitative estimate of drug-likeness (QED) is 0.773. The summed E-state index contributed by atoms with van der Waals surface area (Å²) in [5.41, 5.74) is 5.97. The molecule has 0 bridgehead atoms. The number of para-hydroxylation sites is 1. The molecule has 29 heavy (non-hydrogen) atoms. The van der Waals surface area contributed by atoms with E-state index in [1.54, 1.807) is 11.1 Å². The molecule has 0 unspecified atom stereocenters. The molecule has 2 amide bonds. The fourth-order valence-corrected chi connectivity index (χ4v) is 5.70. The Labute approximate surface area is 174 Å². The number of urea groups is 1. The third-order valence-corrected chi connectivity index (χ3v) is 7.38. The maximum atomic E-state index is 12.7. The fourth-order valence-electron chi connectivity index (χ4n) is 5.70. The van der Waals surface area contributed by atoms with E-state index in [0.717, 1.165) is 25.2 Å². The predicted octanol–water partition coefficient (Wildman–Crippen LogP) is 4.43. The van der Waals surface area contributed by atoms with Gasteiger partial charge < -0.3 is 9.80 Å². The minimum atomic E-state index is 0.129. The van der Waals surface area contributed by atoms with E-state index in [4.69, 9.17) is 0 Å². The second kappa shape index (κ2) is 7.49. The first kappa shape index (κ1) is 18.7. The van der Waals surface area contributed by atoms with Gasteiger partial charge in [-0.25, -0.2) is 4.79 Å². The fraction of sp³-hybridized carbons (Fsp3) is 0.480. The molecule has 4 heteroatoms. The van der Waals surface area contributed by atoms with Crippen molar-refractivity contribution in [2.45, 2.75) is 44.1 Å². The van der Waals surface area contributed by atoms with Crippen molar-refractivity contribution >= 4 is 11.7 Å². The predicted molar refractivity (Wildman–Crippen MR) is 117 cm³/mol. The van der Waals surface area contributed by atoms with Gasteiger partial charge in [-0.3, -0.25) is 4.90 Å². The van der Waals surface area contributed by atoms with Crippen molar-refractivity contribution in [1.29, 1.82) is 0 Å². The van der Waals surface area contributed by atoms with Crippen molar-refractivity contribution in [2.24, 2.45) is 0 Å². The van der Waals surface area contributed by atoms with Gasteiger partial charge in [0.15, 0.2) is 0 Å². The molecule has 0 radical (unpaired) electrons. The maximum Gasteiger partial charge on any atom is 0.324 e. The van der Waals surface area contributed by atoms with Crippen molar-refractivity contribution < 1.29 is 4.79 Å². The lowest BCUT2D eigenvalue weighted by Gasteiger charge is -2.40. The average molecular weight is 390 g/mol. The molecule has 1 aliphatic carbocycles. The zero-order chi connectivity index (χ0) is 19.8. The van der Waals surface area contributed by atoms with E-state index in [1.807, 2.05) is 22.9 Å². The normalized spacial score (nSPS) is 20.8. The van der Waals surface area contributed by atoms with Crippen molar-refractivity contribution in [3.63, 3.8) is 0 Å². The summed E-state index contributed by atoms with van der Waals surface area (Å²) in [5, 5.41) is 0. The number of fused-ring (bicyclic) bond motifs is 3. The molecule has 152 valence electrons.